The average Bonchev–Trinajstić information content (AvgIpc) is 2.46. The molecule has 0 aliphatic heterocycles. The van der Waals surface area contributed by atoms with Gasteiger partial charge in [0.05, 0.1) is 5.25 Å². The van der Waals surface area contributed by atoms with E-state index in [-0.39, 0.29) is 11.2 Å². The Balaban J connectivity index is 2.03. The van der Waals surface area contributed by atoms with Gasteiger partial charge in [-0.15, -0.1) is 11.8 Å². The van der Waals surface area contributed by atoms with Gasteiger partial charge in [0.2, 0.25) is 5.91 Å². The number of aromatic nitrogens is 1. The monoisotopic (exact) mass is 320 g/mol. The molecule has 0 aliphatic rings. The van der Waals surface area contributed by atoms with Gasteiger partial charge in [0.15, 0.2) is 0 Å². The molecule has 0 saturated heterocycles. The van der Waals surface area contributed by atoms with E-state index in [1.54, 1.807) is 6.20 Å². The van der Waals surface area contributed by atoms with Crippen molar-refractivity contribution in [2.24, 2.45) is 0 Å². The molecule has 21 heavy (non-hydrogen) atoms. The van der Waals surface area contributed by atoms with Crippen molar-refractivity contribution in [2.45, 2.75) is 30.4 Å². The van der Waals surface area contributed by atoms with Crippen molar-refractivity contribution in [3.05, 3.63) is 53.2 Å². The van der Waals surface area contributed by atoms with Gasteiger partial charge in [0.25, 0.3) is 0 Å². The highest BCUT2D eigenvalue weighted by atomic mass is 35.5. The number of nitrogens with zero attached hydrogens (tertiary/aromatic N) is 1. The van der Waals surface area contributed by atoms with Crippen LogP contribution >= 0.6 is 23.4 Å². The minimum atomic E-state index is -0.159. The highest BCUT2D eigenvalue weighted by molar-refractivity contribution is 8.00. The number of benzene rings is 1. The van der Waals surface area contributed by atoms with E-state index in [4.69, 9.17) is 11.6 Å². The van der Waals surface area contributed by atoms with Gasteiger partial charge >= 0.3 is 0 Å². The van der Waals surface area contributed by atoms with Crippen molar-refractivity contribution in [1.29, 1.82) is 0 Å². The molecule has 1 heterocycles. The molecule has 0 aliphatic carbocycles. The highest BCUT2D eigenvalue weighted by Gasteiger charge is 2.18. The number of thioether (sulfide) groups is 1. The molecule has 1 unspecified atom stereocenters. The van der Waals surface area contributed by atoms with Crippen LogP contribution in [0.25, 0.3) is 0 Å². The Morgan fingerprint density at radius 3 is 2.67 bits per heavy atom. The smallest absolute Gasteiger partial charge is 0.239 e. The number of aryl methyl sites for hydroxylation is 1. The maximum absolute atomic E-state index is 12.3. The van der Waals surface area contributed by atoms with Gasteiger partial charge in [-0.25, -0.2) is 4.98 Å². The minimum Gasteiger partial charge on any atom is -0.310 e. The first-order valence-corrected chi connectivity index (χ1v) is 8.00. The fourth-order valence-corrected chi connectivity index (χ4v) is 2.89. The Kier molecular flexibility index (Phi) is 5.65. The summed E-state index contributed by atoms with van der Waals surface area (Å²) in [5, 5.41) is 3.40. The number of pyridine rings is 1. The molecule has 0 saturated carbocycles. The van der Waals surface area contributed by atoms with Crippen molar-refractivity contribution >= 4 is 35.1 Å². The molecule has 1 atom stereocenters. The number of rotatable bonds is 5. The van der Waals surface area contributed by atoms with Crippen LogP contribution in [-0.2, 0) is 4.79 Å². The lowest BCUT2D eigenvalue weighted by atomic mass is 10.3. The molecule has 2 aromatic rings. The molecule has 0 fully saturated rings. The van der Waals surface area contributed by atoms with Gasteiger partial charge in [0.1, 0.15) is 5.82 Å². The summed E-state index contributed by atoms with van der Waals surface area (Å²) in [4.78, 5) is 17.5. The van der Waals surface area contributed by atoms with Crippen LogP contribution in [0.15, 0.2) is 47.5 Å². The number of anilines is 1. The topological polar surface area (TPSA) is 42.0 Å². The standard InChI is InChI=1S/C16H17ClN2OS/c1-3-14(21-13-6-4-12(17)5-7-13)16(20)19-15-10-11(2)8-9-18-15/h4-10,14H,3H2,1-2H3,(H,18,19,20). The quantitative estimate of drug-likeness (QED) is 0.822. The first-order valence-electron chi connectivity index (χ1n) is 6.74. The summed E-state index contributed by atoms with van der Waals surface area (Å²) in [5.74, 6) is 0.561. The Bertz CT molecular complexity index is 616. The first-order chi connectivity index (χ1) is 10.1. The zero-order valence-corrected chi connectivity index (χ0v) is 13.5. The van der Waals surface area contributed by atoms with Crippen LogP contribution in [0.2, 0.25) is 5.02 Å². The predicted octanol–water partition coefficient (Wildman–Crippen LogP) is 4.55. The van der Waals surface area contributed by atoms with Crippen molar-refractivity contribution in [1.82, 2.24) is 4.98 Å². The number of halogens is 1. The molecule has 5 heteroatoms. The number of nitrogens with one attached hydrogen (secondary N) is 1. The number of amides is 1. The van der Waals surface area contributed by atoms with Gasteiger partial charge in [-0.1, -0.05) is 18.5 Å². The Morgan fingerprint density at radius 1 is 1.33 bits per heavy atom. The van der Waals surface area contributed by atoms with Crippen molar-refractivity contribution < 1.29 is 4.79 Å². The van der Waals surface area contributed by atoms with Crippen LogP contribution in [0.5, 0.6) is 0 Å². The van der Waals surface area contributed by atoms with E-state index in [9.17, 15) is 4.79 Å². The zero-order valence-electron chi connectivity index (χ0n) is 12.0. The van der Waals surface area contributed by atoms with E-state index in [0.717, 1.165) is 16.9 Å². The van der Waals surface area contributed by atoms with Gasteiger partial charge in [-0.2, -0.15) is 0 Å². The molecule has 1 amide bonds. The van der Waals surface area contributed by atoms with E-state index in [0.29, 0.717) is 10.8 Å². The van der Waals surface area contributed by atoms with E-state index in [1.165, 1.54) is 11.8 Å². The summed E-state index contributed by atoms with van der Waals surface area (Å²) < 4.78 is 0. The summed E-state index contributed by atoms with van der Waals surface area (Å²) in [5.41, 5.74) is 1.07. The maximum atomic E-state index is 12.3. The van der Waals surface area contributed by atoms with E-state index < -0.39 is 0 Å². The number of hydrogen-bond donors (Lipinski definition) is 1. The summed E-state index contributed by atoms with van der Waals surface area (Å²) in [6, 6.07) is 11.3. The third kappa shape index (κ3) is 4.76. The first kappa shape index (κ1) is 15.9. The summed E-state index contributed by atoms with van der Waals surface area (Å²) in [6.07, 6.45) is 2.43. The lowest BCUT2D eigenvalue weighted by Gasteiger charge is -2.14. The second kappa shape index (κ2) is 7.48. The highest BCUT2D eigenvalue weighted by Crippen LogP contribution is 2.27. The fraction of sp³-hybridized carbons (Fsp3) is 0.250. The average molecular weight is 321 g/mol. The third-order valence-electron chi connectivity index (χ3n) is 2.92. The second-order valence-electron chi connectivity index (χ2n) is 4.68. The fourth-order valence-electron chi connectivity index (χ4n) is 1.81. The number of carbonyl (C=O) groups is 1. The van der Waals surface area contributed by atoms with Crippen LogP contribution in [0.1, 0.15) is 18.9 Å². The zero-order chi connectivity index (χ0) is 15.2. The van der Waals surface area contributed by atoms with Crippen LogP contribution in [-0.4, -0.2) is 16.1 Å². The van der Waals surface area contributed by atoms with Gasteiger partial charge in [0, 0.05) is 16.1 Å². The molecule has 0 bridgehead atoms. The number of carbonyl (C=O) groups excluding carboxylic acids is 1. The van der Waals surface area contributed by atoms with E-state index in [1.807, 2.05) is 50.2 Å². The molecule has 0 radical (unpaired) electrons. The molecular weight excluding hydrogens is 304 g/mol. The van der Waals surface area contributed by atoms with Crippen molar-refractivity contribution in [3.63, 3.8) is 0 Å². The van der Waals surface area contributed by atoms with Gasteiger partial charge < -0.3 is 5.32 Å². The van der Waals surface area contributed by atoms with Crippen molar-refractivity contribution in [3.8, 4) is 0 Å². The van der Waals surface area contributed by atoms with Crippen LogP contribution in [0, 0.1) is 6.92 Å². The van der Waals surface area contributed by atoms with E-state index in [2.05, 4.69) is 10.3 Å². The number of hydrogen-bond acceptors (Lipinski definition) is 3. The molecule has 2 rings (SSSR count). The summed E-state index contributed by atoms with van der Waals surface area (Å²) in [7, 11) is 0. The third-order valence-corrected chi connectivity index (χ3v) is 4.55. The lowest BCUT2D eigenvalue weighted by molar-refractivity contribution is -0.115. The van der Waals surface area contributed by atoms with Crippen LogP contribution in [0.3, 0.4) is 0 Å². The maximum Gasteiger partial charge on any atom is 0.239 e. The predicted molar refractivity (Wildman–Crippen MR) is 89.0 cm³/mol. The van der Waals surface area contributed by atoms with Gasteiger partial charge in [-0.3, -0.25) is 4.79 Å². The molecule has 0 spiro atoms. The van der Waals surface area contributed by atoms with Gasteiger partial charge in [-0.05, 0) is 55.3 Å². The molecule has 1 aromatic heterocycles. The van der Waals surface area contributed by atoms with Crippen LogP contribution in [0.4, 0.5) is 5.82 Å². The molecule has 3 nitrogen and oxygen atoms in total. The largest absolute Gasteiger partial charge is 0.310 e. The summed E-state index contributed by atoms with van der Waals surface area (Å²) >= 11 is 7.40. The minimum absolute atomic E-state index is 0.0319. The molecular formula is C16H17ClN2OS. The Labute approximate surface area is 134 Å². The molecule has 1 aromatic carbocycles. The normalized spacial score (nSPS) is 12.0. The molecule has 110 valence electrons. The summed E-state index contributed by atoms with van der Waals surface area (Å²) in [6.45, 7) is 3.97. The van der Waals surface area contributed by atoms with Crippen LogP contribution < -0.4 is 5.32 Å². The second-order valence-corrected chi connectivity index (χ2v) is 6.39. The Morgan fingerprint density at radius 2 is 2.05 bits per heavy atom. The SMILES string of the molecule is CCC(Sc1ccc(Cl)cc1)C(=O)Nc1cc(C)ccn1. The van der Waals surface area contributed by atoms with E-state index >= 15 is 0 Å². The lowest BCUT2D eigenvalue weighted by Crippen LogP contribution is -2.25. The Hall–Kier alpha value is -1.52. The molecule has 1 N–H and O–H groups in total. The van der Waals surface area contributed by atoms with Crippen molar-refractivity contribution in [2.75, 3.05) is 5.32 Å².